The normalized spacial score (nSPS) is 17.3. The highest BCUT2D eigenvalue weighted by Gasteiger charge is 2.32. The summed E-state index contributed by atoms with van der Waals surface area (Å²) >= 11 is 0. The number of benzene rings is 2. The van der Waals surface area contributed by atoms with Gasteiger partial charge in [-0.05, 0) is 37.6 Å². The molecule has 0 fully saturated rings. The Kier molecular flexibility index (Phi) is 5.44. The van der Waals surface area contributed by atoms with Crippen LogP contribution in [0, 0.1) is 0 Å². The Morgan fingerprint density at radius 3 is 2.83 bits per heavy atom. The second kappa shape index (κ2) is 8.18. The molecule has 0 saturated heterocycles. The maximum absolute atomic E-state index is 12.6. The van der Waals surface area contributed by atoms with Crippen LogP contribution < -0.4 is 14.8 Å². The van der Waals surface area contributed by atoms with E-state index in [4.69, 9.17) is 9.47 Å². The lowest BCUT2D eigenvalue weighted by atomic mass is 9.98. The van der Waals surface area contributed by atoms with E-state index in [0.29, 0.717) is 23.5 Å². The molecule has 3 amide bonds. The first-order valence-corrected chi connectivity index (χ1v) is 10.1. The van der Waals surface area contributed by atoms with Crippen molar-refractivity contribution in [3.05, 3.63) is 58.7 Å². The molecule has 0 aromatic heterocycles. The highest BCUT2D eigenvalue weighted by molar-refractivity contribution is 6.11. The summed E-state index contributed by atoms with van der Waals surface area (Å²) in [5.41, 5.74) is 3.04. The number of rotatable bonds is 6. The van der Waals surface area contributed by atoms with Crippen LogP contribution in [0.5, 0.6) is 11.5 Å². The van der Waals surface area contributed by atoms with Gasteiger partial charge in [-0.25, -0.2) is 0 Å². The summed E-state index contributed by atoms with van der Waals surface area (Å²) in [5.74, 6) is 0.283. The molecule has 1 N–H and O–H groups in total. The summed E-state index contributed by atoms with van der Waals surface area (Å²) in [4.78, 5) is 38.5. The minimum atomic E-state index is -0.438. The number of imide groups is 1. The number of carbonyl (C=O) groups excluding carboxylic acids is 3. The van der Waals surface area contributed by atoms with Gasteiger partial charge in [0.15, 0.2) is 0 Å². The molecule has 7 nitrogen and oxygen atoms in total. The summed E-state index contributed by atoms with van der Waals surface area (Å²) in [6, 6.07) is 10.8. The SMILES string of the molecule is CCOc1cc2c(cc1CNC(=O)CN1C(=O)Cc3ccccc3C1=O)O[C@@H](C)C2. The third-order valence-electron chi connectivity index (χ3n) is 5.29. The maximum atomic E-state index is 12.6. The maximum Gasteiger partial charge on any atom is 0.261 e. The summed E-state index contributed by atoms with van der Waals surface area (Å²) < 4.78 is 11.5. The highest BCUT2D eigenvalue weighted by atomic mass is 16.5. The first-order valence-electron chi connectivity index (χ1n) is 10.1. The van der Waals surface area contributed by atoms with Crippen LogP contribution >= 0.6 is 0 Å². The van der Waals surface area contributed by atoms with Crippen LogP contribution in [0.3, 0.4) is 0 Å². The molecule has 1 atom stereocenters. The van der Waals surface area contributed by atoms with Crippen molar-refractivity contribution in [1.82, 2.24) is 10.2 Å². The zero-order valence-corrected chi connectivity index (χ0v) is 17.1. The number of nitrogens with zero attached hydrogens (tertiary/aromatic N) is 1. The van der Waals surface area contributed by atoms with Crippen molar-refractivity contribution in [1.29, 1.82) is 0 Å². The Bertz CT molecular complexity index is 1020. The zero-order chi connectivity index (χ0) is 21.3. The molecule has 2 heterocycles. The molecule has 0 saturated carbocycles. The largest absolute Gasteiger partial charge is 0.494 e. The van der Waals surface area contributed by atoms with Crippen LogP contribution in [0.2, 0.25) is 0 Å². The molecule has 7 heteroatoms. The Morgan fingerprint density at radius 1 is 1.23 bits per heavy atom. The van der Waals surface area contributed by atoms with Crippen molar-refractivity contribution in [2.24, 2.45) is 0 Å². The Labute approximate surface area is 175 Å². The molecule has 0 spiro atoms. The van der Waals surface area contributed by atoms with Gasteiger partial charge in [0.05, 0.1) is 13.0 Å². The van der Waals surface area contributed by atoms with Crippen molar-refractivity contribution in [2.45, 2.75) is 39.3 Å². The molecule has 2 aliphatic heterocycles. The fourth-order valence-corrected chi connectivity index (χ4v) is 3.86. The van der Waals surface area contributed by atoms with Gasteiger partial charge in [-0.3, -0.25) is 19.3 Å². The van der Waals surface area contributed by atoms with Crippen LogP contribution in [0.4, 0.5) is 0 Å². The van der Waals surface area contributed by atoms with Gasteiger partial charge in [-0.1, -0.05) is 18.2 Å². The van der Waals surface area contributed by atoms with Crippen LogP contribution in [-0.2, 0) is 29.0 Å². The van der Waals surface area contributed by atoms with Gasteiger partial charge in [-0.15, -0.1) is 0 Å². The lowest BCUT2D eigenvalue weighted by Gasteiger charge is -2.26. The van der Waals surface area contributed by atoms with Gasteiger partial charge in [0.2, 0.25) is 11.8 Å². The number of carbonyl (C=O) groups is 3. The summed E-state index contributed by atoms with van der Waals surface area (Å²) in [7, 11) is 0. The second-order valence-electron chi connectivity index (χ2n) is 7.53. The van der Waals surface area contributed by atoms with E-state index < -0.39 is 11.8 Å². The fourth-order valence-electron chi connectivity index (χ4n) is 3.86. The number of fused-ring (bicyclic) bond motifs is 2. The molecule has 2 aliphatic rings. The van der Waals surface area contributed by atoms with Crippen LogP contribution in [0.25, 0.3) is 0 Å². The molecule has 30 heavy (non-hydrogen) atoms. The minimum absolute atomic E-state index is 0.110. The van der Waals surface area contributed by atoms with Gasteiger partial charge in [0.25, 0.3) is 5.91 Å². The molecule has 156 valence electrons. The Hall–Kier alpha value is -3.35. The Morgan fingerprint density at radius 2 is 2.03 bits per heavy atom. The predicted octanol–water partition coefficient (Wildman–Crippen LogP) is 2.25. The van der Waals surface area contributed by atoms with Crippen molar-refractivity contribution in [3.8, 4) is 11.5 Å². The molecule has 0 unspecified atom stereocenters. The van der Waals surface area contributed by atoms with Crippen molar-refractivity contribution < 1.29 is 23.9 Å². The first kappa shape index (κ1) is 19.9. The predicted molar refractivity (Wildman–Crippen MR) is 109 cm³/mol. The molecule has 0 bridgehead atoms. The molecule has 4 rings (SSSR count). The van der Waals surface area contributed by atoms with E-state index in [1.165, 1.54) is 0 Å². The third-order valence-corrected chi connectivity index (χ3v) is 5.29. The number of hydrogen-bond donors (Lipinski definition) is 1. The topological polar surface area (TPSA) is 84.9 Å². The van der Waals surface area contributed by atoms with Gasteiger partial charge < -0.3 is 14.8 Å². The number of ether oxygens (including phenoxy) is 2. The summed E-state index contributed by atoms with van der Waals surface area (Å²) in [5, 5.41) is 2.79. The van der Waals surface area contributed by atoms with Gasteiger partial charge >= 0.3 is 0 Å². The van der Waals surface area contributed by atoms with Crippen LogP contribution in [0.1, 0.15) is 40.9 Å². The Balaban J connectivity index is 1.44. The standard InChI is InChI=1S/C23H24N2O5/c1-3-29-19-9-16-8-14(2)30-20(16)10-17(19)12-24-21(26)13-25-22(27)11-15-6-4-5-7-18(15)23(25)28/h4-7,9-10,14H,3,8,11-13H2,1-2H3,(H,24,26)/t14-/m0/s1. The van der Waals surface area contributed by atoms with E-state index >= 15 is 0 Å². The van der Waals surface area contributed by atoms with E-state index in [-0.39, 0.29) is 31.5 Å². The van der Waals surface area contributed by atoms with Gasteiger partial charge in [0.1, 0.15) is 24.1 Å². The van der Waals surface area contributed by atoms with Crippen LogP contribution in [-0.4, -0.2) is 41.9 Å². The average Bonchev–Trinajstić information content (AvgIpc) is 3.08. The van der Waals surface area contributed by atoms with E-state index in [1.807, 2.05) is 26.0 Å². The molecule has 2 aromatic rings. The monoisotopic (exact) mass is 408 g/mol. The van der Waals surface area contributed by atoms with Crippen molar-refractivity contribution >= 4 is 17.7 Å². The fraction of sp³-hybridized carbons (Fsp3) is 0.348. The lowest BCUT2D eigenvalue weighted by Crippen LogP contribution is -2.47. The number of nitrogens with one attached hydrogen (secondary N) is 1. The van der Waals surface area contributed by atoms with Crippen LogP contribution in [0.15, 0.2) is 36.4 Å². The summed E-state index contributed by atoms with van der Waals surface area (Å²) in [6.45, 7) is 4.32. The van der Waals surface area contributed by atoms with E-state index in [2.05, 4.69) is 5.32 Å². The summed E-state index contributed by atoms with van der Waals surface area (Å²) in [6.07, 6.45) is 1.05. The van der Waals surface area contributed by atoms with E-state index in [0.717, 1.165) is 28.2 Å². The molecule has 0 radical (unpaired) electrons. The molecule has 0 aliphatic carbocycles. The van der Waals surface area contributed by atoms with E-state index in [1.54, 1.807) is 24.3 Å². The highest BCUT2D eigenvalue weighted by Crippen LogP contribution is 2.35. The minimum Gasteiger partial charge on any atom is -0.494 e. The van der Waals surface area contributed by atoms with E-state index in [9.17, 15) is 14.4 Å². The smallest absolute Gasteiger partial charge is 0.261 e. The average molecular weight is 408 g/mol. The molecule has 2 aromatic carbocycles. The second-order valence-corrected chi connectivity index (χ2v) is 7.53. The third kappa shape index (κ3) is 3.87. The van der Waals surface area contributed by atoms with Crippen molar-refractivity contribution in [3.63, 3.8) is 0 Å². The lowest BCUT2D eigenvalue weighted by molar-refractivity contribution is -0.133. The molecular weight excluding hydrogens is 384 g/mol. The number of amides is 3. The van der Waals surface area contributed by atoms with Gasteiger partial charge in [-0.2, -0.15) is 0 Å². The first-order chi connectivity index (χ1) is 14.5. The number of hydrogen-bond acceptors (Lipinski definition) is 5. The quantitative estimate of drug-likeness (QED) is 0.741. The van der Waals surface area contributed by atoms with Gasteiger partial charge in [0, 0.05) is 29.7 Å². The molecular formula is C23H24N2O5. The van der Waals surface area contributed by atoms with Crippen molar-refractivity contribution in [2.75, 3.05) is 13.2 Å². The zero-order valence-electron chi connectivity index (χ0n) is 17.1.